The molecule has 0 amide bonds. The molecule has 0 spiro atoms. The van der Waals surface area contributed by atoms with Crippen LogP contribution in [0.3, 0.4) is 0 Å². The lowest BCUT2D eigenvalue weighted by Gasteiger charge is -2.22. The van der Waals surface area contributed by atoms with Gasteiger partial charge in [-0.3, -0.25) is 0 Å². The van der Waals surface area contributed by atoms with Crippen LogP contribution in [0, 0.1) is 0 Å². The first kappa shape index (κ1) is 26.5. The minimum atomic E-state index is -0.187. The first-order valence-corrected chi connectivity index (χ1v) is 15.8. The summed E-state index contributed by atoms with van der Waals surface area (Å²) in [6.07, 6.45) is 8.25. The van der Waals surface area contributed by atoms with Gasteiger partial charge < -0.3 is 16.4 Å². The van der Waals surface area contributed by atoms with Crippen molar-refractivity contribution in [2.24, 2.45) is 5.73 Å². The van der Waals surface area contributed by atoms with E-state index in [9.17, 15) is 0 Å². The van der Waals surface area contributed by atoms with Crippen LogP contribution >= 0.6 is 11.3 Å². The molecule has 0 radical (unpaired) electrons. The van der Waals surface area contributed by atoms with Crippen LogP contribution in [0.4, 0.5) is 5.69 Å². The van der Waals surface area contributed by atoms with Crippen molar-refractivity contribution < 1.29 is 0 Å². The van der Waals surface area contributed by atoms with Crippen molar-refractivity contribution in [3.05, 3.63) is 157 Å². The molecule has 0 saturated heterocycles. The van der Waals surface area contributed by atoms with Crippen molar-refractivity contribution in [2.45, 2.75) is 6.04 Å². The molecule has 3 nitrogen and oxygen atoms in total. The minimum absolute atomic E-state index is 0.187. The van der Waals surface area contributed by atoms with Gasteiger partial charge in [0.1, 0.15) is 0 Å². The van der Waals surface area contributed by atoms with Crippen LogP contribution in [0.15, 0.2) is 151 Å². The fraction of sp³-hybridized carbons (Fsp3) is 0.0500. The Labute approximate surface area is 260 Å². The molecule has 6 aromatic carbocycles. The van der Waals surface area contributed by atoms with Gasteiger partial charge in [0, 0.05) is 37.1 Å². The summed E-state index contributed by atoms with van der Waals surface area (Å²) in [4.78, 5) is 0. The van der Waals surface area contributed by atoms with Crippen molar-refractivity contribution in [1.82, 2.24) is 5.32 Å². The Hall–Kier alpha value is -5.16. The SMILES string of the molecule is NC1C=CC=C/C1=C(/NCNc1ccc2ccccc2c1-c1cccc2ccccc12)c1ccc2c(c1)sc1ccccc12. The molecule has 4 N–H and O–H groups in total. The van der Waals surface area contributed by atoms with E-state index >= 15 is 0 Å². The number of thiophene rings is 1. The number of nitrogens with two attached hydrogens (primary N) is 1. The summed E-state index contributed by atoms with van der Waals surface area (Å²) in [5.74, 6) is 0. The molecule has 212 valence electrons. The second-order valence-electron chi connectivity index (χ2n) is 11.2. The van der Waals surface area contributed by atoms with Gasteiger partial charge in [0.2, 0.25) is 0 Å². The third-order valence-corrected chi connectivity index (χ3v) is 9.69. The van der Waals surface area contributed by atoms with Crippen LogP contribution in [0.5, 0.6) is 0 Å². The predicted octanol–water partition coefficient (Wildman–Crippen LogP) is 9.85. The maximum absolute atomic E-state index is 6.64. The second-order valence-corrected chi connectivity index (χ2v) is 12.3. The Morgan fingerprint density at radius 3 is 2.25 bits per heavy atom. The third-order valence-electron chi connectivity index (χ3n) is 8.55. The highest BCUT2D eigenvalue weighted by molar-refractivity contribution is 7.25. The lowest BCUT2D eigenvalue weighted by molar-refractivity contribution is 0.907. The largest absolute Gasteiger partial charge is 0.367 e. The topological polar surface area (TPSA) is 50.1 Å². The first-order valence-electron chi connectivity index (χ1n) is 15.0. The zero-order chi connectivity index (χ0) is 29.5. The smallest absolute Gasteiger partial charge is 0.0849 e. The molecule has 1 aliphatic carbocycles. The van der Waals surface area contributed by atoms with Gasteiger partial charge in [0.15, 0.2) is 0 Å². The van der Waals surface area contributed by atoms with E-state index in [1.54, 1.807) is 0 Å². The highest BCUT2D eigenvalue weighted by atomic mass is 32.1. The Bertz CT molecular complexity index is 2280. The number of nitrogens with one attached hydrogen (secondary N) is 2. The zero-order valence-electron chi connectivity index (χ0n) is 24.1. The van der Waals surface area contributed by atoms with Crippen molar-refractivity contribution in [2.75, 3.05) is 12.0 Å². The van der Waals surface area contributed by atoms with Crippen molar-refractivity contribution in [3.8, 4) is 11.1 Å². The van der Waals surface area contributed by atoms with Crippen LogP contribution in [0.1, 0.15) is 5.56 Å². The van der Waals surface area contributed by atoms with E-state index < -0.39 is 0 Å². The van der Waals surface area contributed by atoms with Gasteiger partial charge in [0.05, 0.1) is 12.7 Å². The molecule has 4 heteroatoms. The summed E-state index contributed by atoms with van der Waals surface area (Å²) in [7, 11) is 0. The maximum atomic E-state index is 6.64. The van der Waals surface area contributed by atoms with Gasteiger partial charge in [-0.15, -0.1) is 11.3 Å². The molecule has 0 saturated carbocycles. The van der Waals surface area contributed by atoms with Crippen molar-refractivity contribution >= 4 is 64.4 Å². The summed E-state index contributed by atoms with van der Waals surface area (Å²) >= 11 is 1.83. The number of anilines is 1. The molecule has 0 bridgehead atoms. The highest BCUT2D eigenvalue weighted by Crippen LogP contribution is 2.40. The number of fused-ring (bicyclic) bond motifs is 5. The van der Waals surface area contributed by atoms with E-state index in [0.717, 1.165) is 22.5 Å². The Morgan fingerprint density at radius 2 is 1.39 bits per heavy atom. The molecular weight excluding hydrogens is 555 g/mol. The molecule has 1 heterocycles. The van der Waals surface area contributed by atoms with E-state index in [0.29, 0.717) is 6.67 Å². The van der Waals surface area contributed by atoms with E-state index in [1.807, 2.05) is 23.5 Å². The Balaban J connectivity index is 1.19. The van der Waals surface area contributed by atoms with Crippen molar-refractivity contribution in [1.29, 1.82) is 0 Å². The van der Waals surface area contributed by atoms with Gasteiger partial charge in [-0.25, -0.2) is 0 Å². The number of allylic oxidation sites excluding steroid dienone is 2. The van der Waals surface area contributed by atoms with Crippen LogP contribution in [0.2, 0.25) is 0 Å². The average Bonchev–Trinajstić information content (AvgIpc) is 3.45. The molecule has 8 rings (SSSR count). The molecule has 0 aliphatic heterocycles. The molecular formula is C40H31N3S. The Kier molecular flexibility index (Phi) is 6.71. The highest BCUT2D eigenvalue weighted by Gasteiger charge is 2.17. The molecule has 1 aromatic heterocycles. The van der Waals surface area contributed by atoms with Crippen molar-refractivity contribution in [3.63, 3.8) is 0 Å². The molecule has 7 aromatic rings. The Morgan fingerprint density at radius 1 is 0.659 bits per heavy atom. The van der Waals surface area contributed by atoms with E-state index in [2.05, 4.69) is 144 Å². The van der Waals surface area contributed by atoms with Gasteiger partial charge in [0.25, 0.3) is 0 Å². The van der Waals surface area contributed by atoms with Crippen LogP contribution in [-0.4, -0.2) is 12.7 Å². The lowest BCUT2D eigenvalue weighted by atomic mass is 9.92. The molecule has 0 fully saturated rings. The fourth-order valence-corrected chi connectivity index (χ4v) is 7.59. The number of rotatable bonds is 6. The summed E-state index contributed by atoms with van der Waals surface area (Å²) in [5.41, 5.74) is 13.4. The molecule has 1 atom stereocenters. The first-order chi connectivity index (χ1) is 21.7. The fourth-order valence-electron chi connectivity index (χ4n) is 6.44. The van der Waals surface area contributed by atoms with E-state index in [1.165, 1.54) is 52.8 Å². The lowest BCUT2D eigenvalue weighted by Crippen LogP contribution is -2.28. The summed E-state index contributed by atoms with van der Waals surface area (Å²) in [6, 6.07) is 43.4. The second kappa shape index (κ2) is 11.2. The van der Waals surface area contributed by atoms with Crippen LogP contribution in [0.25, 0.3) is 58.5 Å². The predicted molar refractivity (Wildman–Crippen MR) is 191 cm³/mol. The monoisotopic (exact) mass is 585 g/mol. The van der Waals surface area contributed by atoms with E-state index in [-0.39, 0.29) is 6.04 Å². The summed E-state index contributed by atoms with van der Waals surface area (Å²) in [6.45, 7) is 0.531. The van der Waals surface area contributed by atoms with Gasteiger partial charge in [-0.2, -0.15) is 0 Å². The third kappa shape index (κ3) is 4.65. The molecule has 1 unspecified atom stereocenters. The number of hydrogen-bond donors (Lipinski definition) is 3. The van der Waals surface area contributed by atoms with E-state index in [4.69, 9.17) is 5.73 Å². The number of hydrogen-bond acceptors (Lipinski definition) is 4. The minimum Gasteiger partial charge on any atom is -0.367 e. The number of benzene rings is 6. The van der Waals surface area contributed by atoms with Gasteiger partial charge >= 0.3 is 0 Å². The molecule has 44 heavy (non-hydrogen) atoms. The maximum Gasteiger partial charge on any atom is 0.0849 e. The van der Waals surface area contributed by atoms with Crippen LogP contribution in [-0.2, 0) is 0 Å². The molecule has 1 aliphatic rings. The average molecular weight is 586 g/mol. The van der Waals surface area contributed by atoms with Gasteiger partial charge in [-0.05, 0) is 56.4 Å². The normalized spacial score (nSPS) is 15.8. The zero-order valence-corrected chi connectivity index (χ0v) is 24.9. The standard InChI is InChI=1S/C40H31N3S/c41-35-18-7-5-16-34(35)40(28-20-22-32-31-15-6-8-19-37(31)44-38(32)24-28)43-25-42-36-23-21-27-11-2-4-14-30(27)39(36)33-17-9-12-26-10-1-3-13-29(26)33/h1-24,35,42-43H,25,41H2/b40-34-. The summed E-state index contributed by atoms with van der Waals surface area (Å²) in [5, 5.41) is 15.0. The van der Waals surface area contributed by atoms with Crippen LogP contribution < -0.4 is 16.4 Å². The summed E-state index contributed by atoms with van der Waals surface area (Å²) < 4.78 is 2.58. The quantitative estimate of drug-likeness (QED) is 0.170. The van der Waals surface area contributed by atoms with Gasteiger partial charge in [-0.1, -0.05) is 127 Å².